The number of hydrogen-bond acceptors (Lipinski definition) is 4. The zero-order chi connectivity index (χ0) is 15.3. The largest absolute Gasteiger partial charge is 0.376 e. The fourth-order valence-electron chi connectivity index (χ4n) is 1.65. The first kappa shape index (κ1) is 18.1. The smallest absolute Gasteiger partial charge is 0.147 e. The van der Waals surface area contributed by atoms with Crippen LogP contribution in [0.15, 0.2) is 30.3 Å². The molecule has 0 aliphatic carbocycles. The molecule has 0 spiro atoms. The summed E-state index contributed by atoms with van der Waals surface area (Å²) in [5, 5.41) is 0. The molecule has 1 aromatic rings. The third-order valence-corrected chi connectivity index (χ3v) is 2.90. The Hall–Kier alpha value is -0.940. The minimum absolute atomic E-state index is 0.171. The molecule has 120 valence electrons. The quantitative estimate of drug-likeness (QED) is 0.437. The molecule has 0 saturated heterocycles. The molecule has 0 aliphatic rings. The van der Waals surface area contributed by atoms with Crippen molar-refractivity contribution in [2.24, 2.45) is 0 Å². The minimum atomic E-state index is 0.171. The van der Waals surface area contributed by atoms with E-state index in [9.17, 15) is 0 Å². The first-order chi connectivity index (χ1) is 10.2. The second-order valence-corrected chi connectivity index (χ2v) is 5.25. The fourth-order valence-corrected chi connectivity index (χ4v) is 1.65. The summed E-state index contributed by atoms with van der Waals surface area (Å²) < 4.78 is 21.9. The Morgan fingerprint density at radius 3 is 2.33 bits per heavy atom. The zero-order valence-electron chi connectivity index (χ0n) is 13.4. The van der Waals surface area contributed by atoms with Crippen LogP contribution in [0.3, 0.4) is 0 Å². The van der Waals surface area contributed by atoms with Gasteiger partial charge in [0.2, 0.25) is 0 Å². The lowest BCUT2D eigenvalue weighted by Crippen LogP contribution is -2.16. The highest BCUT2D eigenvalue weighted by atomic mass is 16.7. The van der Waals surface area contributed by atoms with E-state index in [1.807, 2.05) is 39.0 Å². The molecular weight excluding hydrogens is 268 g/mol. The summed E-state index contributed by atoms with van der Waals surface area (Å²) in [7, 11) is 0. The summed E-state index contributed by atoms with van der Waals surface area (Å²) in [6.45, 7) is 8.88. The van der Waals surface area contributed by atoms with Crippen LogP contribution in [0.5, 0.6) is 0 Å². The van der Waals surface area contributed by atoms with Gasteiger partial charge in [0.1, 0.15) is 6.79 Å². The molecule has 0 bridgehead atoms. The van der Waals surface area contributed by atoms with Crippen molar-refractivity contribution in [3.63, 3.8) is 0 Å². The molecule has 0 radical (unpaired) electrons. The lowest BCUT2D eigenvalue weighted by Gasteiger charge is -2.14. The van der Waals surface area contributed by atoms with Gasteiger partial charge >= 0.3 is 0 Å². The highest BCUT2D eigenvalue weighted by molar-refractivity contribution is 5.13. The van der Waals surface area contributed by atoms with Gasteiger partial charge < -0.3 is 18.9 Å². The standard InChI is InChI=1S/C17H28O4/c1-15(2)21-14-19-10-9-16(3)20-12-11-18-13-17-7-5-4-6-8-17/h4-8,15-16H,9-14H2,1-3H3. The van der Waals surface area contributed by atoms with Crippen LogP contribution in [-0.2, 0) is 25.6 Å². The molecule has 0 heterocycles. The Morgan fingerprint density at radius 1 is 0.857 bits per heavy atom. The van der Waals surface area contributed by atoms with Gasteiger partial charge in [0, 0.05) is 0 Å². The molecule has 0 amide bonds. The summed E-state index contributed by atoms with van der Waals surface area (Å²) in [5.74, 6) is 0. The van der Waals surface area contributed by atoms with Gasteiger partial charge in [0.15, 0.2) is 0 Å². The van der Waals surface area contributed by atoms with Gasteiger partial charge in [-0.2, -0.15) is 0 Å². The Labute approximate surface area is 128 Å². The van der Waals surface area contributed by atoms with Crippen LogP contribution in [0.2, 0.25) is 0 Å². The van der Waals surface area contributed by atoms with Crippen LogP contribution in [0.1, 0.15) is 32.8 Å². The lowest BCUT2D eigenvalue weighted by atomic mass is 10.2. The Morgan fingerprint density at radius 2 is 1.62 bits per heavy atom. The molecule has 4 nitrogen and oxygen atoms in total. The molecule has 0 saturated carbocycles. The normalized spacial score (nSPS) is 12.8. The Balaban J connectivity index is 1.90. The molecule has 1 unspecified atom stereocenters. The minimum Gasteiger partial charge on any atom is -0.376 e. The van der Waals surface area contributed by atoms with E-state index in [4.69, 9.17) is 18.9 Å². The third-order valence-electron chi connectivity index (χ3n) is 2.90. The van der Waals surface area contributed by atoms with Crippen LogP contribution < -0.4 is 0 Å². The van der Waals surface area contributed by atoms with Crippen molar-refractivity contribution in [1.29, 1.82) is 0 Å². The van der Waals surface area contributed by atoms with Crippen molar-refractivity contribution in [2.45, 2.75) is 46.0 Å². The van der Waals surface area contributed by atoms with Gasteiger partial charge in [0.05, 0.1) is 38.6 Å². The van der Waals surface area contributed by atoms with Crippen molar-refractivity contribution >= 4 is 0 Å². The molecule has 21 heavy (non-hydrogen) atoms. The fraction of sp³-hybridized carbons (Fsp3) is 0.647. The van der Waals surface area contributed by atoms with Crippen LogP contribution in [-0.4, -0.2) is 38.8 Å². The molecule has 0 aromatic heterocycles. The van der Waals surface area contributed by atoms with Gasteiger partial charge in [-0.15, -0.1) is 0 Å². The van der Waals surface area contributed by atoms with Crippen molar-refractivity contribution in [1.82, 2.24) is 0 Å². The molecule has 1 aromatic carbocycles. The number of rotatable bonds is 12. The van der Waals surface area contributed by atoms with Crippen molar-refractivity contribution in [3.05, 3.63) is 35.9 Å². The van der Waals surface area contributed by atoms with Gasteiger partial charge in [0.25, 0.3) is 0 Å². The molecule has 0 N–H and O–H groups in total. The topological polar surface area (TPSA) is 36.9 Å². The third kappa shape index (κ3) is 10.4. The predicted molar refractivity (Wildman–Crippen MR) is 83.2 cm³/mol. The maximum atomic E-state index is 5.66. The van der Waals surface area contributed by atoms with Crippen LogP contribution in [0.4, 0.5) is 0 Å². The molecule has 0 fully saturated rings. The molecule has 4 heteroatoms. The first-order valence-corrected chi connectivity index (χ1v) is 7.61. The summed E-state index contributed by atoms with van der Waals surface area (Å²) in [6.07, 6.45) is 1.24. The summed E-state index contributed by atoms with van der Waals surface area (Å²) in [6, 6.07) is 10.1. The van der Waals surface area contributed by atoms with E-state index in [0.717, 1.165) is 6.42 Å². The predicted octanol–water partition coefficient (Wildman–Crippen LogP) is 3.40. The summed E-state index contributed by atoms with van der Waals surface area (Å²) in [5.41, 5.74) is 1.18. The van der Waals surface area contributed by atoms with Gasteiger partial charge in [-0.25, -0.2) is 0 Å². The second-order valence-electron chi connectivity index (χ2n) is 5.25. The van der Waals surface area contributed by atoms with E-state index in [1.54, 1.807) is 0 Å². The van der Waals surface area contributed by atoms with Gasteiger partial charge in [-0.1, -0.05) is 30.3 Å². The summed E-state index contributed by atoms with van der Waals surface area (Å²) >= 11 is 0. The Kier molecular flexibility index (Phi) is 10.1. The zero-order valence-corrected chi connectivity index (χ0v) is 13.4. The Bertz CT molecular complexity index is 340. The van der Waals surface area contributed by atoms with Gasteiger partial charge in [-0.05, 0) is 32.8 Å². The first-order valence-electron chi connectivity index (χ1n) is 7.61. The average Bonchev–Trinajstić information content (AvgIpc) is 2.47. The molecule has 1 rings (SSSR count). The number of hydrogen-bond donors (Lipinski definition) is 0. The summed E-state index contributed by atoms with van der Waals surface area (Å²) in [4.78, 5) is 0. The van der Waals surface area contributed by atoms with E-state index in [-0.39, 0.29) is 12.2 Å². The van der Waals surface area contributed by atoms with E-state index in [2.05, 4.69) is 12.1 Å². The monoisotopic (exact) mass is 296 g/mol. The van der Waals surface area contributed by atoms with Crippen LogP contribution in [0.25, 0.3) is 0 Å². The molecule has 0 aliphatic heterocycles. The number of benzene rings is 1. The van der Waals surface area contributed by atoms with Gasteiger partial charge in [-0.3, -0.25) is 0 Å². The van der Waals surface area contributed by atoms with E-state index < -0.39 is 0 Å². The van der Waals surface area contributed by atoms with Crippen molar-refractivity contribution in [2.75, 3.05) is 26.6 Å². The van der Waals surface area contributed by atoms with E-state index in [1.165, 1.54) is 5.56 Å². The van der Waals surface area contributed by atoms with Crippen LogP contribution in [0, 0.1) is 0 Å². The van der Waals surface area contributed by atoms with Crippen LogP contribution >= 0.6 is 0 Å². The van der Waals surface area contributed by atoms with Crippen molar-refractivity contribution < 1.29 is 18.9 Å². The molecule has 1 atom stereocenters. The highest BCUT2D eigenvalue weighted by Crippen LogP contribution is 2.02. The lowest BCUT2D eigenvalue weighted by molar-refractivity contribution is -0.0874. The number of ether oxygens (including phenoxy) is 4. The second kappa shape index (κ2) is 11.7. The van der Waals surface area contributed by atoms with E-state index >= 15 is 0 Å². The van der Waals surface area contributed by atoms with E-state index in [0.29, 0.717) is 33.2 Å². The highest BCUT2D eigenvalue weighted by Gasteiger charge is 2.02. The SMILES string of the molecule is CC(C)OCOCCC(C)OCCOCc1ccccc1. The molecular formula is C17H28O4. The average molecular weight is 296 g/mol. The maximum Gasteiger partial charge on any atom is 0.147 e. The maximum absolute atomic E-state index is 5.66. The van der Waals surface area contributed by atoms with Crippen molar-refractivity contribution in [3.8, 4) is 0 Å².